The minimum absolute atomic E-state index is 0.000996. The Balaban J connectivity index is 1.60. The Labute approximate surface area is 211 Å². The summed E-state index contributed by atoms with van der Waals surface area (Å²) in [5.74, 6) is -0.179. The van der Waals surface area contributed by atoms with Gasteiger partial charge in [-0.15, -0.1) is 0 Å². The number of H-pyrrole nitrogens is 1. The lowest BCUT2D eigenvalue weighted by atomic mass is 9.96. The molecule has 0 radical (unpaired) electrons. The lowest BCUT2D eigenvalue weighted by Gasteiger charge is -2.24. The molecule has 3 N–H and O–H groups in total. The van der Waals surface area contributed by atoms with E-state index in [-0.39, 0.29) is 30.9 Å². The number of rotatable bonds is 10. The fourth-order valence-electron chi connectivity index (χ4n) is 4.40. The van der Waals surface area contributed by atoms with E-state index in [0.29, 0.717) is 6.42 Å². The highest BCUT2D eigenvalue weighted by molar-refractivity contribution is 5.86. The number of ether oxygens (including phenoxy) is 1. The van der Waals surface area contributed by atoms with Crippen molar-refractivity contribution in [2.45, 2.75) is 52.2 Å². The van der Waals surface area contributed by atoms with Crippen LogP contribution < -0.4 is 10.1 Å². The average molecular weight is 485 g/mol. The maximum absolute atomic E-state index is 13.3. The van der Waals surface area contributed by atoms with Crippen LogP contribution >= 0.6 is 0 Å². The summed E-state index contributed by atoms with van der Waals surface area (Å²) in [6.07, 6.45) is 2.55. The molecule has 0 spiro atoms. The first-order valence-corrected chi connectivity index (χ1v) is 12.2. The molecular formula is C30H32N2O4. The molecule has 4 rings (SSSR count). The van der Waals surface area contributed by atoms with Gasteiger partial charge in [-0.05, 0) is 67.6 Å². The SMILES string of the molecule is Cc1ccc(C(NC(=O)Cc2ccc3[nH]cc(CCC(=O)O)c3c2)c2ccccc2)c(OC(C)C)c1. The van der Waals surface area contributed by atoms with Crippen molar-refractivity contribution in [2.24, 2.45) is 0 Å². The van der Waals surface area contributed by atoms with Gasteiger partial charge in [0, 0.05) is 29.1 Å². The number of amides is 1. The number of fused-ring (bicyclic) bond motifs is 1. The summed E-state index contributed by atoms with van der Waals surface area (Å²) in [6.45, 7) is 6.00. The van der Waals surface area contributed by atoms with Crippen molar-refractivity contribution in [3.63, 3.8) is 0 Å². The smallest absolute Gasteiger partial charge is 0.303 e. The first-order chi connectivity index (χ1) is 17.3. The number of carboxylic acid groups (broad SMARTS) is 1. The lowest BCUT2D eigenvalue weighted by Crippen LogP contribution is -2.31. The fraction of sp³-hybridized carbons (Fsp3) is 0.267. The van der Waals surface area contributed by atoms with Gasteiger partial charge in [-0.1, -0.05) is 48.5 Å². The van der Waals surface area contributed by atoms with Crippen molar-refractivity contribution in [2.75, 3.05) is 0 Å². The number of carbonyl (C=O) groups is 2. The van der Waals surface area contributed by atoms with Crippen LogP contribution in [0, 0.1) is 6.92 Å². The van der Waals surface area contributed by atoms with E-state index >= 15 is 0 Å². The first-order valence-electron chi connectivity index (χ1n) is 12.2. The van der Waals surface area contributed by atoms with Crippen LogP contribution in [0.3, 0.4) is 0 Å². The Morgan fingerprint density at radius 3 is 2.53 bits per heavy atom. The molecule has 1 heterocycles. The van der Waals surface area contributed by atoms with Gasteiger partial charge in [0.15, 0.2) is 0 Å². The van der Waals surface area contributed by atoms with E-state index in [1.54, 1.807) is 0 Å². The quantitative estimate of drug-likeness (QED) is 0.268. The van der Waals surface area contributed by atoms with Gasteiger partial charge in [-0.3, -0.25) is 9.59 Å². The largest absolute Gasteiger partial charge is 0.491 e. The molecule has 0 saturated carbocycles. The molecule has 6 heteroatoms. The van der Waals surface area contributed by atoms with Crippen LogP contribution in [0.2, 0.25) is 0 Å². The molecule has 186 valence electrons. The summed E-state index contributed by atoms with van der Waals surface area (Å²) in [7, 11) is 0. The standard InChI is InChI=1S/C30H32N2O4/c1-19(2)36-27-15-20(3)9-12-24(27)30(22-7-5-4-6-8-22)32-28(33)17-21-10-13-26-25(16-21)23(18-31-26)11-14-29(34)35/h4-10,12-13,15-16,18-19,30-31H,11,14,17H2,1-3H3,(H,32,33)(H,34,35). The van der Waals surface area contributed by atoms with Gasteiger partial charge in [0.1, 0.15) is 5.75 Å². The molecule has 1 atom stereocenters. The van der Waals surface area contributed by atoms with Crippen molar-refractivity contribution in [3.05, 3.63) is 101 Å². The Kier molecular flexibility index (Phi) is 7.74. The molecule has 6 nitrogen and oxygen atoms in total. The molecule has 0 bridgehead atoms. The number of hydrogen-bond acceptors (Lipinski definition) is 3. The van der Waals surface area contributed by atoms with Crippen LogP contribution in [0.25, 0.3) is 10.9 Å². The summed E-state index contributed by atoms with van der Waals surface area (Å²) in [4.78, 5) is 27.5. The predicted octanol–water partition coefficient (Wildman–Crippen LogP) is 5.73. The number of carboxylic acids is 1. The second-order valence-corrected chi connectivity index (χ2v) is 9.38. The molecule has 3 aromatic carbocycles. The normalized spacial score (nSPS) is 12.0. The maximum Gasteiger partial charge on any atom is 0.303 e. The molecule has 0 aliphatic carbocycles. The number of benzene rings is 3. The minimum Gasteiger partial charge on any atom is -0.491 e. The van der Waals surface area contributed by atoms with Crippen molar-refractivity contribution in [1.29, 1.82) is 0 Å². The lowest BCUT2D eigenvalue weighted by molar-refractivity contribution is -0.137. The van der Waals surface area contributed by atoms with Crippen LogP contribution in [-0.2, 0) is 22.4 Å². The minimum atomic E-state index is -0.830. The summed E-state index contributed by atoms with van der Waals surface area (Å²) in [5, 5.41) is 13.2. The van der Waals surface area contributed by atoms with Crippen molar-refractivity contribution in [1.82, 2.24) is 10.3 Å². The molecule has 1 amide bonds. The van der Waals surface area contributed by atoms with Crippen molar-refractivity contribution >= 4 is 22.8 Å². The van der Waals surface area contributed by atoms with E-state index in [1.807, 2.05) is 93.7 Å². The van der Waals surface area contributed by atoms with Gasteiger partial charge in [0.2, 0.25) is 5.91 Å². The Bertz CT molecular complexity index is 1360. The van der Waals surface area contributed by atoms with E-state index in [2.05, 4.69) is 10.3 Å². The second kappa shape index (κ2) is 11.1. The molecule has 1 unspecified atom stereocenters. The molecule has 4 aromatic rings. The Morgan fingerprint density at radius 2 is 1.81 bits per heavy atom. The predicted molar refractivity (Wildman–Crippen MR) is 141 cm³/mol. The molecule has 0 aliphatic rings. The van der Waals surface area contributed by atoms with Crippen LogP contribution in [0.4, 0.5) is 0 Å². The van der Waals surface area contributed by atoms with Gasteiger partial charge >= 0.3 is 5.97 Å². The number of carbonyl (C=O) groups excluding carboxylic acids is 1. The van der Waals surface area contributed by atoms with E-state index in [9.17, 15) is 9.59 Å². The maximum atomic E-state index is 13.3. The molecular weight excluding hydrogens is 452 g/mol. The van der Waals surface area contributed by atoms with E-state index < -0.39 is 5.97 Å². The Morgan fingerprint density at radius 1 is 1.03 bits per heavy atom. The van der Waals surface area contributed by atoms with Crippen molar-refractivity contribution < 1.29 is 19.4 Å². The van der Waals surface area contributed by atoms with Gasteiger partial charge in [-0.2, -0.15) is 0 Å². The number of nitrogens with one attached hydrogen (secondary N) is 2. The Hall–Kier alpha value is -4.06. The highest BCUT2D eigenvalue weighted by atomic mass is 16.5. The topological polar surface area (TPSA) is 91.4 Å². The van der Waals surface area contributed by atoms with Crippen LogP contribution in [-0.4, -0.2) is 28.1 Å². The summed E-state index contributed by atoms with van der Waals surface area (Å²) in [5.41, 5.74) is 5.70. The van der Waals surface area contributed by atoms with Crippen LogP contribution in [0.5, 0.6) is 5.75 Å². The number of aliphatic carboxylic acids is 1. The highest BCUT2D eigenvalue weighted by Crippen LogP contribution is 2.32. The monoisotopic (exact) mass is 484 g/mol. The van der Waals surface area contributed by atoms with Crippen LogP contribution in [0.15, 0.2) is 72.9 Å². The van der Waals surface area contributed by atoms with Gasteiger partial charge in [0.05, 0.1) is 18.6 Å². The number of aromatic amines is 1. The molecule has 0 saturated heterocycles. The zero-order valence-electron chi connectivity index (χ0n) is 20.9. The van der Waals surface area contributed by atoms with E-state index in [4.69, 9.17) is 9.84 Å². The summed E-state index contributed by atoms with van der Waals surface area (Å²) in [6, 6.07) is 21.4. The van der Waals surface area contributed by atoms with Crippen LogP contribution in [0.1, 0.15) is 54.1 Å². The average Bonchev–Trinajstić information content (AvgIpc) is 3.24. The molecule has 0 fully saturated rings. The fourth-order valence-corrected chi connectivity index (χ4v) is 4.40. The summed E-state index contributed by atoms with van der Waals surface area (Å²) >= 11 is 0. The second-order valence-electron chi connectivity index (χ2n) is 9.38. The molecule has 0 aliphatic heterocycles. The molecule has 1 aromatic heterocycles. The number of aryl methyl sites for hydroxylation is 2. The van der Waals surface area contributed by atoms with Gasteiger partial charge in [0.25, 0.3) is 0 Å². The zero-order valence-corrected chi connectivity index (χ0v) is 20.9. The third-order valence-corrected chi connectivity index (χ3v) is 6.09. The third kappa shape index (κ3) is 6.13. The van der Waals surface area contributed by atoms with E-state index in [0.717, 1.165) is 44.5 Å². The number of hydrogen-bond donors (Lipinski definition) is 3. The zero-order chi connectivity index (χ0) is 25.7. The number of aromatic nitrogens is 1. The van der Waals surface area contributed by atoms with Gasteiger partial charge < -0.3 is 20.1 Å². The molecule has 36 heavy (non-hydrogen) atoms. The van der Waals surface area contributed by atoms with E-state index in [1.165, 1.54) is 0 Å². The highest BCUT2D eigenvalue weighted by Gasteiger charge is 2.22. The third-order valence-electron chi connectivity index (χ3n) is 6.09. The van der Waals surface area contributed by atoms with Gasteiger partial charge in [-0.25, -0.2) is 0 Å². The van der Waals surface area contributed by atoms with Crippen molar-refractivity contribution in [3.8, 4) is 5.75 Å². The first kappa shape index (κ1) is 25.0. The summed E-state index contributed by atoms with van der Waals surface area (Å²) < 4.78 is 6.12.